The topological polar surface area (TPSA) is 36.4 Å². The van der Waals surface area contributed by atoms with Gasteiger partial charge in [0.05, 0.1) is 5.56 Å². The first-order valence-electron chi connectivity index (χ1n) is 6.99. The zero-order valence-electron chi connectivity index (χ0n) is 12.6. The van der Waals surface area contributed by atoms with Crippen LogP contribution in [-0.2, 0) is 11.6 Å². The average Bonchev–Trinajstić information content (AvgIpc) is 2.46. The molecule has 0 spiro atoms. The molecule has 0 aromatic heterocycles. The lowest BCUT2D eigenvalue weighted by atomic mass is 9.84. The summed E-state index contributed by atoms with van der Waals surface area (Å²) in [4.78, 5) is 4.30. The maximum absolute atomic E-state index is 12.8. The van der Waals surface area contributed by atoms with Crippen LogP contribution in [0.5, 0.6) is 0 Å². The van der Waals surface area contributed by atoms with Crippen molar-refractivity contribution in [2.24, 2.45) is 4.99 Å². The number of hydrogen-bond acceptors (Lipinski definition) is 3. The largest absolute Gasteiger partial charge is 0.416 e. The Morgan fingerprint density at radius 3 is 2.50 bits per heavy atom. The molecule has 1 aliphatic heterocycles. The van der Waals surface area contributed by atoms with Crippen molar-refractivity contribution in [2.45, 2.75) is 31.9 Å². The molecule has 0 saturated heterocycles. The van der Waals surface area contributed by atoms with E-state index in [4.69, 9.17) is 0 Å². The van der Waals surface area contributed by atoms with E-state index in [1.165, 1.54) is 12.1 Å². The standard InChI is InChI=1S/C15H20F3N3.HI/c1-14(2,10-21-13-19-7-4-8-20-13)11-5-3-6-12(9-11)15(16,17)18;/h3,5-6,9H,4,7-8,10H2,1-2H3,(H2,19,20,21);1H. The maximum atomic E-state index is 12.8. The molecule has 0 atom stereocenters. The van der Waals surface area contributed by atoms with Crippen molar-refractivity contribution in [2.75, 3.05) is 19.6 Å². The Labute approximate surface area is 145 Å². The molecule has 2 rings (SSSR count). The molecule has 1 aromatic rings. The fourth-order valence-corrected chi connectivity index (χ4v) is 2.17. The minimum Gasteiger partial charge on any atom is -0.356 e. The van der Waals surface area contributed by atoms with Crippen molar-refractivity contribution >= 4 is 29.9 Å². The molecule has 1 aliphatic rings. The molecule has 0 bridgehead atoms. The van der Waals surface area contributed by atoms with E-state index in [0.717, 1.165) is 31.5 Å². The van der Waals surface area contributed by atoms with Gasteiger partial charge in [-0.1, -0.05) is 32.0 Å². The first kappa shape index (κ1) is 19.1. The summed E-state index contributed by atoms with van der Waals surface area (Å²) >= 11 is 0. The lowest BCUT2D eigenvalue weighted by Gasteiger charge is -2.28. The Hall–Kier alpha value is -0.990. The molecule has 1 aromatic carbocycles. The number of halogens is 4. The quantitative estimate of drug-likeness (QED) is 0.725. The van der Waals surface area contributed by atoms with E-state index in [1.54, 1.807) is 6.07 Å². The van der Waals surface area contributed by atoms with Crippen LogP contribution in [0.15, 0.2) is 29.3 Å². The van der Waals surface area contributed by atoms with Crippen LogP contribution in [0.4, 0.5) is 13.2 Å². The Balaban J connectivity index is 0.00000242. The van der Waals surface area contributed by atoms with Gasteiger partial charge in [-0.15, -0.1) is 24.0 Å². The van der Waals surface area contributed by atoms with E-state index < -0.39 is 17.2 Å². The first-order valence-corrected chi connectivity index (χ1v) is 6.99. The summed E-state index contributed by atoms with van der Waals surface area (Å²) < 4.78 is 38.4. The highest BCUT2D eigenvalue weighted by molar-refractivity contribution is 14.0. The van der Waals surface area contributed by atoms with Gasteiger partial charge in [0.1, 0.15) is 0 Å². The highest BCUT2D eigenvalue weighted by Gasteiger charge is 2.32. The predicted molar refractivity (Wildman–Crippen MR) is 92.8 cm³/mol. The summed E-state index contributed by atoms with van der Waals surface area (Å²) in [6, 6.07) is 5.50. The van der Waals surface area contributed by atoms with Gasteiger partial charge in [0.25, 0.3) is 0 Å². The predicted octanol–water partition coefficient (Wildman–Crippen LogP) is 3.54. The Morgan fingerprint density at radius 1 is 1.23 bits per heavy atom. The number of hydrogen-bond donors (Lipinski definition) is 2. The summed E-state index contributed by atoms with van der Waals surface area (Å²) in [6.45, 7) is 5.99. The van der Waals surface area contributed by atoms with Crippen LogP contribution in [-0.4, -0.2) is 25.6 Å². The van der Waals surface area contributed by atoms with Crippen molar-refractivity contribution in [3.8, 4) is 0 Å². The molecule has 124 valence electrons. The molecule has 7 heteroatoms. The van der Waals surface area contributed by atoms with Crippen LogP contribution in [0.1, 0.15) is 31.4 Å². The number of rotatable bonds is 3. The van der Waals surface area contributed by atoms with Crippen molar-refractivity contribution in [3.05, 3.63) is 35.4 Å². The molecule has 0 aliphatic carbocycles. The van der Waals surface area contributed by atoms with Gasteiger partial charge in [-0.25, -0.2) is 0 Å². The van der Waals surface area contributed by atoms with Gasteiger partial charge in [0, 0.05) is 25.0 Å². The molecule has 1 heterocycles. The number of aliphatic imine (C=N–C) groups is 1. The summed E-state index contributed by atoms with van der Waals surface area (Å²) in [6.07, 6.45) is -3.31. The first-order chi connectivity index (χ1) is 9.79. The summed E-state index contributed by atoms with van der Waals surface area (Å²) in [5.74, 6) is 0.723. The van der Waals surface area contributed by atoms with Crippen molar-refractivity contribution in [1.82, 2.24) is 10.6 Å². The van der Waals surface area contributed by atoms with Crippen molar-refractivity contribution < 1.29 is 13.2 Å². The van der Waals surface area contributed by atoms with Gasteiger partial charge in [-0.3, -0.25) is 4.99 Å². The molecule has 0 radical (unpaired) electrons. The normalized spacial score (nSPS) is 15.4. The number of benzene rings is 1. The lowest BCUT2D eigenvalue weighted by molar-refractivity contribution is -0.137. The van der Waals surface area contributed by atoms with E-state index >= 15 is 0 Å². The minimum atomic E-state index is -4.31. The molecule has 0 amide bonds. The van der Waals surface area contributed by atoms with E-state index in [2.05, 4.69) is 15.6 Å². The zero-order chi connectivity index (χ0) is 15.5. The van der Waals surface area contributed by atoms with Gasteiger partial charge in [0.15, 0.2) is 5.96 Å². The smallest absolute Gasteiger partial charge is 0.356 e. The van der Waals surface area contributed by atoms with E-state index in [0.29, 0.717) is 12.1 Å². The van der Waals surface area contributed by atoms with Crippen LogP contribution in [0.2, 0.25) is 0 Å². The van der Waals surface area contributed by atoms with Crippen LogP contribution in [0.25, 0.3) is 0 Å². The second-order valence-corrected chi connectivity index (χ2v) is 5.83. The van der Waals surface area contributed by atoms with Gasteiger partial charge >= 0.3 is 6.18 Å². The van der Waals surface area contributed by atoms with Crippen molar-refractivity contribution in [3.63, 3.8) is 0 Å². The van der Waals surface area contributed by atoms with Crippen LogP contribution < -0.4 is 10.6 Å². The maximum Gasteiger partial charge on any atom is 0.416 e. The molecule has 0 fully saturated rings. The number of nitrogens with zero attached hydrogens (tertiary/aromatic N) is 1. The molecule has 22 heavy (non-hydrogen) atoms. The Kier molecular flexibility index (Phi) is 6.51. The second kappa shape index (κ2) is 7.52. The highest BCUT2D eigenvalue weighted by Crippen LogP contribution is 2.32. The molecule has 0 saturated carbocycles. The summed E-state index contributed by atoms with van der Waals surface area (Å²) in [7, 11) is 0. The van der Waals surface area contributed by atoms with Crippen molar-refractivity contribution in [1.29, 1.82) is 0 Å². The molecule has 2 N–H and O–H groups in total. The second-order valence-electron chi connectivity index (χ2n) is 5.83. The van der Waals surface area contributed by atoms with Crippen LogP contribution in [0, 0.1) is 0 Å². The fraction of sp³-hybridized carbons (Fsp3) is 0.533. The number of nitrogens with one attached hydrogen (secondary N) is 2. The fourth-order valence-electron chi connectivity index (χ4n) is 2.17. The Morgan fingerprint density at radius 2 is 1.91 bits per heavy atom. The molecular formula is C15H21F3IN3. The van der Waals surface area contributed by atoms with Crippen LogP contribution in [0.3, 0.4) is 0 Å². The summed E-state index contributed by atoms with van der Waals surface area (Å²) in [5.41, 5.74) is -0.384. The number of guanidine groups is 1. The third-order valence-corrected chi connectivity index (χ3v) is 3.57. The monoisotopic (exact) mass is 427 g/mol. The Bertz CT molecular complexity index is 527. The highest BCUT2D eigenvalue weighted by atomic mass is 127. The van der Waals surface area contributed by atoms with E-state index in [1.807, 2.05) is 13.8 Å². The third-order valence-electron chi connectivity index (χ3n) is 3.57. The minimum absolute atomic E-state index is 0. The van der Waals surface area contributed by atoms with Gasteiger partial charge < -0.3 is 10.6 Å². The van der Waals surface area contributed by atoms with Crippen LogP contribution >= 0.6 is 24.0 Å². The zero-order valence-corrected chi connectivity index (χ0v) is 15.0. The lowest BCUT2D eigenvalue weighted by Crippen LogP contribution is -2.45. The van der Waals surface area contributed by atoms with Gasteiger partial charge in [-0.2, -0.15) is 13.2 Å². The van der Waals surface area contributed by atoms with E-state index in [-0.39, 0.29) is 24.0 Å². The molecule has 3 nitrogen and oxygen atoms in total. The van der Waals surface area contributed by atoms with E-state index in [9.17, 15) is 13.2 Å². The molecule has 0 unspecified atom stereocenters. The third kappa shape index (κ3) is 5.03. The SMILES string of the molecule is CC(C)(CNC1=NCCCN1)c1cccc(C(F)(F)F)c1.I. The van der Waals surface area contributed by atoms with Gasteiger partial charge in [-0.05, 0) is 18.1 Å². The molecular weight excluding hydrogens is 406 g/mol. The summed E-state index contributed by atoms with van der Waals surface area (Å²) in [5, 5.41) is 6.31. The average molecular weight is 427 g/mol. The number of alkyl halides is 3. The van der Waals surface area contributed by atoms with Gasteiger partial charge in [0.2, 0.25) is 0 Å².